The van der Waals surface area contributed by atoms with Gasteiger partial charge in [-0.3, -0.25) is 0 Å². The standard InChI is InChI=1S/C4H6Cl2O/c1-2-3(7)4(5)6/h2-4,7H,1H2. The summed E-state index contributed by atoms with van der Waals surface area (Å²) in [5.41, 5.74) is 0. The van der Waals surface area contributed by atoms with Crippen molar-refractivity contribution in [1.29, 1.82) is 0 Å². The maximum Gasteiger partial charge on any atom is 0.137 e. The zero-order valence-electron chi connectivity index (χ0n) is 3.64. The summed E-state index contributed by atoms with van der Waals surface area (Å²) < 4.78 is 0. The van der Waals surface area contributed by atoms with Crippen molar-refractivity contribution in [2.24, 2.45) is 0 Å². The molecule has 0 saturated carbocycles. The second kappa shape index (κ2) is 3.30. The minimum Gasteiger partial charge on any atom is -0.386 e. The van der Waals surface area contributed by atoms with Gasteiger partial charge in [-0.2, -0.15) is 0 Å². The Hall–Kier alpha value is 0.280. The monoisotopic (exact) mass is 140 g/mol. The van der Waals surface area contributed by atoms with Gasteiger partial charge in [0.2, 0.25) is 0 Å². The Morgan fingerprint density at radius 3 is 2.00 bits per heavy atom. The van der Waals surface area contributed by atoms with Gasteiger partial charge < -0.3 is 5.11 Å². The van der Waals surface area contributed by atoms with Gasteiger partial charge in [0.05, 0.1) is 0 Å². The molecule has 0 aliphatic rings. The molecule has 0 aromatic heterocycles. The molecule has 0 spiro atoms. The molecule has 42 valence electrons. The van der Waals surface area contributed by atoms with Gasteiger partial charge in [0.25, 0.3) is 0 Å². The van der Waals surface area contributed by atoms with E-state index in [9.17, 15) is 0 Å². The third-order valence-corrected chi connectivity index (χ3v) is 1.02. The summed E-state index contributed by atoms with van der Waals surface area (Å²) in [5.74, 6) is 0. The summed E-state index contributed by atoms with van der Waals surface area (Å²) in [6.45, 7) is 3.26. The summed E-state index contributed by atoms with van der Waals surface area (Å²) in [6, 6.07) is 0. The van der Waals surface area contributed by atoms with E-state index >= 15 is 0 Å². The molecule has 0 heterocycles. The lowest BCUT2D eigenvalue weighted by Crippen LogP contribution is -2.10. The van der Waals surface area contributed by atoms with Crippen LogP contribution in [0.25, 0.3) is 0 Å². The van der Waals surface area contributed by atoms with Crippen LogP contribution in [0.3, 0.4) is 0 Å². The van der Waals surface area contributed by atoms with Gasteiger partial charge in [0.15, 0.2) is 0 Å². The third kappa shape index (κ3) is 2.92. The van der Waals surface area contributed by atoms with Crippen LogP contribution in [-0.2, 0) is 0 Å². The van der Waals surface area contributed by atoms with E-state index in [0.29, 0.717) is 0 Å². The molecule has 0 radical (unpaired) electrons. The minimum absolute atomic E-state index is 0.752. The maximum absolute atomic E-state index is 8.55. The van der Waals surface area contributed by atoms with E-state index in [4.69, 9.17) is 28.3 Å². The molecule has 0 saturated heterocycles. The molecule has 0 aromatic carbocycles. The lowest BCUT2D eigenvalue weighted by Gasteiger charge is -2.01. The van der Waals surface area contributed by atoms with E-state index in [2.05, 4.69) is 6.58 Å². The van der Waals surface area contributed by atoms with Crippen LogP contribution in [0.2, 0.25) is 0 Å². The average molecular weight is 141 g/mol. The van der Waals surface area contributed by atoms with E-state index in [1.807, 2.05) is 0 Å². The maximum atomic E-state index is 8.55. The summed E-state index contributed by atoms with van der Waals surface area (Å²) in [5, 5.41) is 8.55. The Labute approximate surface area is 52.5 Å². The molecule has 0 aromatic rings. The second-order valence-corrected chi connectivity index (χ2v) is 2.22. The van der Waals surface area contributed by atoms with Gasteiger partial charge >= 0.3 is 0 Å². The number of alkyl halides is 2. The second-order valence-electron chi connectivity index (χ2n) is 1.06. The van der Waals surface area contributed by atoms with Gasteiger partial charge in [-0.1, -0.05) is 6.08 Å². The average Bonchev–Trinajstić information content (AvgIpc) is 1.65. The van der Waals surface area contributed by atoms with Crippen LogP contribution < -0.4 is 0 Å². The van der Waals surface area contributed by atoms with Crippen molar-refractivity contribution in [3.05, 3.63) is 12.7 Å². The minimum atomic E-state index is -0.802. The molecule has 0 fully saturated rings. The molecule has 0 aliphatic heterocycles. The Bertz CT molecular complexity index is 62.7. The number of hydrogen-bond acceptors (Lipinski definition) is 1. The normalized spacial score (nSPS) is 14.3. The molecule has 0 amide bonds. The molecule has 0 rings (SSSR count). The quantitative estimate of drug-likeness (QED) is 0.454. The van der Waals surface area contributed by atoms with Crippen molar-refractivity contribution < 1.29 is 5.11 Å². The highest BCUT2D eigenvalue weighted by Gasteiger charge is 2.06. The molecule has 1 nitrogen and oxygen atoms in total. The molecule has 7 heavy (non-hydrogen) atoms. The van der Waals surface area contributed by atoms with E-state index in [-0.39, 0.29) is 0 Å². The van der Waals surface area contributed by atoms with Gasteiger partial charge in [0.1, 0.15) is 10.9 Å². The van der Waals surface area contributed by atoms with Crippen LogP contribution in [0.5, 0.6) is 0 Å². The highest BCUT2D eigenvalue weighted by molar-refractivity contribution is 6.44. The molecular weight excluding hydrogens is 135 g/mol. The number of aliphatic hydroxyl groups is 1. The fourth-order valence-electron chi connectivity index (χ4n) is 0.103. The fraction of sp³-hybridized carbons (Fsp3) is 0.500. The first kappa shape index (κ1) is 7.28. The van der Waals surface area contributed by atoms with Gasteiger partial charge in [-0.15, -0.1) is 29.8 Å². The van der Waals surface area contributed by atoms with Crippen LogP contribution in [0.4, 0.5) is 0 Å². The van der Waals surface area contributed by atoms with E-state index < -0.39 is 10.9 Å². The van der Waals surface area contributed by atoms with E-state index in [1.54, 1.807) is 0 Å². The Morgan fingerprint density at radius 1 is 1.57 bits per heavy atom. The Kier molecular flexibility index (Phi) is 3.44. The van der Waals surface area contributed by atoms with Crippen molar-refractivity contribution in [3.8, 4) is 0 Å². The zero-order valence-corrected chi connectivity index (χ0v) is 5.15. The smallest absolute Gasteiger partial charge is 0.137 e. The SMILES string of the molecule is C=CC(O)C(Cl)Cl. The summed E-state index contributed by atoms with van der Waals surface area (Å²) in [7, 11) is 0. The van der Waals surface area contributed by atoms with Gasteiger partial charge in [-0.25, -0.2) is 0 Å². The number of hydrogen-bond donors (Lipinski definition) is 1. The van der Waals surface area contributed by atoms with E-state index in [1.165, 1.54) is 6.08 Å². The zero-order chi connectivity index (χ0) is 5.86. The van der Waals surface area contributed by atoms with Crippen LogP contribution >= 0.6 is 23.2 Å². The van der Waals surface area contributed by atoms with Gasteiger partial charge in [-0.05, 0) is 0 Å². The van der Waals surface area contributed by atoms with Crippen LogP contribution in [0, 0.1) is 0 Å². The number of aliphatic hydroxyl groups excluding tert-OH is 1. The lowest BCUT2D eigenvalue weighted by atomic mass is 10.4. The van der Waals surface area contributed by atoms with Gasteiger partial charge in [0, 0.05) is 0 Å². The van der Waals surface area contributed by atoms with E-state index in [0.717, 1.165) is 0 Å². The first-order valence-electron chi connectivity index (χ1n) is 1.77. The molecule has 0 aliphatic carbocycles. The predicted octanol–water partition coefficient (Wildman–Crippen LogP) is 1.34. The molecular formula is C4H6Cl2O. The molecule has 1 N–H and O–H groups in total. The topological polar surface area (TPSA) is 20.2 Å². The number of halogens is 2. The fourth-order valence-corrected chi connectivity index (χ4v) is 0.309. The molecule has 3 heteroatoms. The van der Waals surface area contributed by atoms with Crippen molar-refractivity contribution in [3.63, 3.8) is 0 Å². The Morgan fingerprint density at radius 2 is 2.00 bits per heavy atom. The van der Waals surface area contributed by atoms with Crippen molar-refractivity contribution in [2.45, 2.75) is 10.9 Å². The molecule has 1 unspecified atom stereocenters. The van der Waals surface area contributed by atoms with Crippen LogP contribution in [-0.4, -0.2) is 16.0 Å². The largest absolute Gasteiger partial charge is 0.386 e. The highest BCUT2D eigenvalue weighted by atomic mass is 35.5. The predicted molar refractivity (Wildman–Crippen MR) is 31.7 cm³/mol. The first-order valence-corrected chi connectivity index (χ1v) is 2.64. The van der Waals surface area contributed by atoms with Crippen molar-refractivity contribution in [2.75, 3.05) is 0 Å². The number of rotatable bonds is 2. The van der Waals surface area contributed by atoms with Crippen molar-refractivity contribution >= 4 is 23.2 Å². The lowest BCUT2D eigenvalue weighted by molar-refractivity contribution is 0.238. The van der Waals surface area contributed by atoms with Crippen molar-refractivity contribution in [1.82, 2.24) is 0 Å². The first-order chi connectivity index (χ1) is 3.18. The summed E-state index contributed by atoms with van der Waals surface area (Å²) in [4.78, 5) is -0.752. The van der Waals surface area contributed by atoms with Crippen LogP contribution in [0.15, 0.2) is 12.7 Å². The Balaban J connectivity index is 3.33. The molecule has 1 atom stereocenters. The molecule has 0 bridgehead atoms. The van der Waals surface area contributed by atoms with Crippen LogP contribution in [0.1, 0.15) is 0 Å². The highest BCUT2D eigenvalue weighted by Crippen LogP contribution is 2.07. The third-order valence-electron chi connectivity index (χ3n) is 0.500. The summed E-state index contributed by atoms with van der Waals surface area (Å²) in [6.07, 6.45) is 0.480. The summed E-state index contributed by atoms with van der Waals surface area (Å²) >= 11 is 10.3.